The molecule has 0 saturated carbocycles. The number of nitrogens with one attached hydrogen (secondary N) is 1. The second-order valence-electron chi connectivity index (χ2n) is 3.97. The average Bonchev–Trinajstić information content (AvgIpc) is 2.39. The normalized spacial score (nSPS) is 10.3. The van der Waals surface area contributed by atoms with E-state index in [0.717, 1.165) is 5.75 Å². The van der Waals surface area contributed by atoms with Crippen LogP contribution in [0.25, 0.3) is 0 Å². The van der Waals surface area contributed by atoms with E-state index >= 15 is 0 Å². The molecule has 0 fully saturated rings. The minimum atomic E-state index is -0.245. The van der Waals surface area contributed by atoms with Gasteiger partial charge in [0.1, 0.15) is 5.75 Å². The van der Waals surface area contributed by atoms with E-state index in [9.17, 15) is 9.59 Å². The second-order valence-corrected chi connectivity index (χ2v) is 3.97. The SMILES string of the molecule is C/C=C/C(=O)N(C)CC(=O)Nc1ccc(OC)cc1. The molecule has 0 atom stereocenters. The van der Waals surface area contributed by atoms with Crippen LogP contribution in [-0.2, 0) is 9.59 Å². The first-order valence-electron chi connectivity index (χ1n) is 5.88. The van der Waals surface area contributed by atoms with Crippen molar-refractivity contribution in [2.75, 3.05) is 26.0 Å². The Kier molecular flexibility index (Phi) is 5.60. The minimum Gasteiger partial charge on any atom is -0.497 e. The highest BCUT2D eigenvalue weighted by Crippen LogP contribution is 2.14. The molecule has 0 heterocycles. The Bertz CT molecular complexity index is 466. The maximum absolute atomic E-state index is 11.7. The third-order valence-electron chi connectivity index (χ3n) is 2.44. The molecule has 1 aromatic rings. The van der Waals surface area contributed by atoms with Crippen LogP contribution in [0.3, 0.4) is 0 Å². The van der Waals surface area contributed by atoms with Gasteiger partial charge in [-0.05, 0) is 37.3 Å². The van der Waals surface area contributed by atoms with Gasteiger partial charge in [0.2, 0.25) is 11.8 Å². The van der Waals surface area contributed by atoms with E-state index in [1.807, 2.05) is 0 Å². The summed E-state index contributed by atoms with van der Waals surface area (Å²) in [4.78, 5) is 24.5. The molecule has 0 aromatic heterocycles. The molecule has 102 valence electrons. The Morgan fingerprint density at radius 2 is 1.95 bits per heavy atom. The largest absolute Gasteiger partial charge is 0.497 e. The van der Waals surface area contributed by atoms with Gasteiger partial charge >= 0.3 is 0 Å². The maximum atomic E-state index is 11.7. The smallest absolute Gasteiger partial charge is 0.246 e. The van der Waals surface area contributed by atoms with E-state index in [2.05, 4.69) is 5.32 Å². The highest BCUT2D eigenvalue weighted by Gasteiger charge is 2.10. The molecule has 0 aliphatic heterocycles. The summed E-state index contributed by atoms with van der Waals surface area (Å²) >= 11 is 0. The van der Waals surface area contributed by atoms with Crippen molar-refractivity contribution in [1.82, 2.24) is 4.90 Å². The highest BCUT2D eigenvalue weighted by molar-refractivity contribution is 5.96. The molecule has 0 unspecified atom stereocenters. The first-order valence-corrected chi connectivity index (χ1v) is 5.88. The number of carbonyl (C=O) groups excluding carboxylic acids is 2. The highest BCUT2D eigenvalue weighted by atomic mass is 16.5. The Morgan fingerprint density at radius 1 is 1.32 bits per heavy atom. The Morgan fingerprint density at radius 3 is 2.47 bits per heavy atom. The number of hydrogen-bond acceptors (Lipinski definition) is 3. The van der Waals surface area contributed by atoms with Crippen molar-refractivity contribution < 1.29 is 14.3 Å². The first kappa shape index (κ1) is 14.8. The molecule has 5 heteroatoms. The summed E-state index contributed by atoms with van der Waals surface area (Å²) in [5.74, 6) is 0.274. The van der Waals surface area contributed by atoms with Gasteiger partial charge in [-0.3, -0.25) is 9.59 Å². The van der Waals surface area contributed by atoms with Gasteiger partial charge in [-0.2, -0.15) is 0 Å². The van der Waals surface area contributed by atoms with Crippen LogP contribution in [0, 0.1) is 0 Å². The predicted octanol–water partition coefficient (Wildman–Crippen LogP) is 1.67. The number of likely N-dealkylation sites (N-methyl/N-ethyl adjacent to an activating group) is 1. The van der Waals surface area contributed by atoms with Crippen LogP contribution in [0.5, 0.6) is 5.75 Å². The van der Waals surface area contributed by atoms with E-state index in [0.29, 0.717) is 5.69 Å². The van der Waals surface area contributed by atoms with Gasteiger partial charge in [-0.25, -0.2) is 0 Å². The molecule has 0 aliphatic carbocycles. The molecule has 1 rings (SSSR count). The molecule has 1 aromatic carbocycles. The predicted molar refractivity (Wildman–Crippen MR) is 74.1 cm³/mol. The lowest BCUT2D eigenvalue weighted by Crippen LogP contribution is -2.33. The van der Waals surface area contributed by atoms with Crippen molar-refractivity contribution in [1.29, 1.82) is 0 Å². The summed E-state index contributed by atoms with van der Waals surface area (Å²) in [6.45, 7) is 1.76. The third-order valence-corrected chi connectivity index (χ3v) is 2.44. The molecular formula is C14H18N2O3. The molecular weight excluding hydrogens is 244 g/mol. The van der Waals surface area contributed by atoms with Crippen LogP contribution in [0.4, 0.5) is 5.69 Å². The molecule has 0 saturated heterocycles. The van der Waals surface area contributed by atoms with Gasteiger partial charge in [0.25, 0.3) is 0 Å². The standard InChI is InChI=1S/C14H18N2O3/c1-4-5-14(18)16(2)10-13(17)15-11-6-8-12(19-3)9-7-11/h4-9H,10H2,1-3H3,(H,15,17)/b5-4+. The van der Waals surface area contributed by atoms with Crippen molar-refractivity contribution in [3.05, 3.63) is 36.4 Å². The lowest BCUT2D eigenvalue weighted by Gasteiger charge is -2.14. The van der Waals surface area contributed by atoms with Crippen molar-refractivity contribution in [2.45, 2.75) is 6.92 Å². The van der Waals surface area contributed by atoms with E-state index in [1.54, 1.807) is 51.4 Å². The van der Waals surface area contributed by atoms with Crippen LogP contribution in [0.1, 0.15) is 6.92 Å². The van der Waals surface area contributed by atoms with Gasteiger partial charge in [-0.15, -0.1) is 0 Å². The molecule has 5 nitrogen and oxygen atoms in total. The molecule has 19 heavy (non-hydrogen) atoms. The topological polar surface area (TPSA) is 58.6 Å². The molecule has 0 spiro atoms. The Labute approximate surface area is 112 Å². The number of nitrogens with zero attached hydrogens (tertiary/aromatic N) is 1. The number of methoxy groups -OCH3 is 1. The Balaban J connectivity index is 2.52. The number of anilines is 1. The molecule has 0 bridgehead atoms. The fourth-order valence-electron chi connectivity index (χ4n) is 1.44. The number of benzene rings is 1. The zero-order chi connectivity index (χ0) is 14.3. The zero-order valence-electron chi connectivity index (χ0n) is 11.3. The average molecular weight is 262 g/mol. The lowest BCUT2D eigenvalue weighted by atomic mass is 10.3. The zero-order valence-corrected chi connectivity index (χ0v) is 11.3. The summed E-state index contributed by atoms with van der Waals surface area (Å²) in [7, 11) is 3.16. The van der Waals surface area contributed by atoms with Crippen molar-refractivity contribution in [2.24, 2.45) is 0 Å². The quantitative estimate of drug-likeness (QED) is 0.821. The minimum absolute atomic E-state index is 0.00913. The van der Waals surface area contributed by atoms with Crippen molar-refractivity contribution >= 4 is 17.5 Å². The molecule has 0 radical (unpaired) electrons. The van der Waals surface area contributed by atoms with E-state index in [1.165, 1.54) is 11.0 Å². The van der Waals surface area contributed by atoms with Gasteiger partial charge in [-0.1, -0.05) is 6.08 Å². The number of hydrogen-bond donors (Lipinski definition) is 1. The van der Waals surface area contributed by atoms with Gasteiger partial charge in [0, 0.05) is 12.7 Å². The summed E-state index contributed by atoms with van der Waals surface area (Å²) in [6, 6.07) is 6.99. The molecule has 2 amide bonds. The van der Waals surface area contributed by atoms with Crippen LogP contribution in [0.2, 0.25) is 0 Å². The number of carbonyl (C=O) groups is 2. The van der Waals surface area contributed by atoms with Crippen LogP contribution in [-0.4, -0.2) is 37.4 Å². The van der Waals surface area contributed by atoms with Crippen LogP contribution in [0.15, 0.2) is 36.4 Å². The number of ether oxygens (including phenoxy) is 1. The summed E-state index contributed by atoms with van der Waals surface area (Å²) in [5, 5.41) is 2.71. The second kappa shape index (κ2) is 7.20. The lowest BCUT2D eigenvalue weighted by molar-refractivity contribution is -0.129. The van der Waals surface area contributed by atoms with E-state index < -0.39 is 0 Å². The van der Waals surface area contributed by atoms with Crippen molar-refractivity contribution in [3.8, 4) is 5.75 Å². The maximum Gasteiger partial charge on any atom is 0.246 e. The third kappa shape index (κ3) is 4.83. The van der Waals surface area contributed by atoms with Crippen LogP contribution < -0.4 is 10.1 Å². The number of rotatable bonds is 5. The Hall–Kier alpha value is -2.30. The fraction of sp³-hybridized carbons (Fsp3) is 0.286. The van der Waals surface area contributed by atoms with Gasteiger partial charge in [0.05, 0.1) is 13.7 Å². The van der Waals surface area contributed by atoms with Crippen molar-refractivity contribution in [3.63, 3.8) is 0 Å². The molecule has 0 aliphatic rings. The summed E-state index contributed by atoms with van der Waals surface area (Å²) < 4.78 is 5.02. The van der Waals surface area contributed by atoms with Gasteiger partial charge < -0.3 is 15.0 Å². The number of amides is 2. The monoisotopic (exact) mass is 262 g/mol. The summed E-state index contributed by atoms with van der Waals surface area (Å²) in [5.41, 5.74) is 0.665. The first-order chi connectivity index (χ1) is 9.06. The molecule has 1 N–H and O–H groups in total. The van der Waals surface area contributed by atoms with Gasteiger partial charge in [0.15, 0.2) is 0 Å². The van der Waals surface area contributed by atoms with E-state index in [4.69, 9.17) is 4.74 Å². The fourth-order valence-corrected chi connectivity index (χ4v) is 1.44. The number of allylic oxidation sites excluding steroid dienone is 1. The summed E-state index contributed by atoms with van der Waals surface area (Å²) in [6.07, 6.45) is 3.06. The van der Waals surface area contributed by atoms with Crippen LogP contribution >= 0.6 is 0 Å². The van der Waals surface area contributed by atoms with E-state index in [-0.39, 0.29) is 18.4 Å².